The number of likely N-dealkylation sites (tertiary alicyclic amines) is 1. The third-order valence-electron chi connectivity index (χ3n) is 5.02. The largest absolute Gasteiger partial charge is 0.478 e. The molecule has 150 valence electrons. The lowest BCUT2D eigenvalue weighted by atomic mass is 9.88. The van der Waals surface area contributed by atoms with E-state index in [1.54, 1.807) is 17.2 Å². The number of carbonyl (C=O) groups is 1. The molecule has 0 unspecified atom stereocenters. The molecule has 1 aromatic carbocycles. The Morgan fingerprint density at radius 2 is 2.00 bits per heavy atom. The summed E-state index contributed by atoms with van der Waals surface area (Å²) in [5.41, 5.74) is -0.938. The Morgan fingerprint density at radius 3 is 2.68 bits per heavy atom. The Kier molecular flexibility index (Phi) is 6.83. The number of alkyl halides is 1. The van der Waals surface area contributed by atoms with Gasteiger partial charge in [-0.1, -0.05) is 17.7 Å². The number of aromatic nitrogens is 1. The number of pyridine rings is 1. The van der Waals surface area contributed by atoms with E-state index >= 15 is 4.39 Å². The number of piperidine rings is 1. The van der Waals surface area contributed by atoms with Crippen LogP contribution in [-0.2, 0) is 0 Å². The SMILES string of the molecule is O=C(c1ccc(F)c(Cl)c1)N1CCC(F)(CCCCOc2ccccn2)CC1. The van der Waals surface area contributed by atoms with Gasteiger partial charge in [-0.15, -0.1) is 0 Å². The molecule has 4 nitrogen and oxygen atoms in total. The van der Waals surface area contributed by atoms with Crippen LogP contribution in [0, 0.1) is 5.82 Å². The van der Waals surface area contributed by atoms with Crippen molar-refractivity contribution in [3.8, 4) is 5.88 Å². The van der Waals surface area contributed by atoms with Gasteiger partial charge in [-0.05, 0) is 56.4 Å². The number of amides is 1. The molecule has 7 heteroatoms. The number of rotatable bonds is 7. The fourth-order valence-electron chi connectivity index (χ4n) is 3.33. The second kappa shape index (κ2) is 9.32. The monoisotopic (exact) mass is 408 g/mol. The first-order valence-electron chi connectivity index (χ1n) is 9.44. The number of hydrogen-bond donors (Lipinski definition) is 0. The predicted octanol–water partition coefficient (Wildman–Crippen LogP) is 5.07. The number of unbranched alkanes of at least 4 members (excludes halogenated alkanes) is 1. The van der Waals surface area contributed by atoms with Crippen LogP contribution in [0.5, 0.6) is 5.88 Å². The van der Waals surface area contributed by atoms with E-state index in [1.807, 2.05) is 12.1 Å². The van der Waals surface area contributed by atoms with Gasteiger partial charge in [0.25, 0.3) is 5.91 Å². The Bertz CT molecular complexity index is 796. The van der Waals surface area contributed by atoms with Gasteiger partial charge < -0.3 is 9.64 Å². The Balaban J connectivity index is 1.40. The number of hydrogen-bond acceptors (Lipinski definition) is 3. The molecule has 28 heavy (non-hydrogen) atoms. The van der Waals surface area contributed by atoms with E-state index in [9.17, 15) is 9.18 Å². The van der Waals surface area contributed by atoms with Gasteiger partial charge in [0.1, 0.15) is 11.5 Å². The van der Waals surface area contributed by atoms with Gasteiger partial charge in [-0.25, -0.2) is 13.8 Å². The summed E-state index contributed by atoms with van der Waals surface area (Å²) in [6.45, 7) is 1.19. The van der Waals surface area contributed by atoms with Gasteiger partial charge >= 0.3 is 0 Å². The molecular weight excluding hydrogens is 386 g/mol. The fourth-order valence-corrected chi connectivity index (χ4v) is 3.51. The van der Waals surface area contributed by atoms with Crippen LogP contribution in [-0.4, -0.2) is 41.2 Å². The standard InChI is InChI=1S/C21H23ClF2N2O2/c22-17-15-16(6-7-18(17)23)20(27)26-12-9-21(24,10-13-26)8-2-4-14-28-19-5-1-3-11-25-19/h1,3,5-7,11,15H,2,4,8-10,12-14H2. The van der Waals surface area contributed by atoms with E-state index in [4.69, 9.17) is 16.3 Å². The molecule has 0 spiro atoms. The lowest BCUT2D eigenvalue weighted by molar-refractivity contribution is 0.0382. The van der Waals surface area contributed by atoms with Gasteiger partial charge in [-0.2, -0.15) is 0 Å². The summed E-state index contributed by atoms with van der Waals surface area (Å²) >= 11 is 5.74. The number of benzene rings is 1. The molecule has 1 aromatic heterocycles. The van der Waals surface area contributed by atoms with E-state index in [2.05, 4.69) is 4.98 Å². The molecule has 1 amide bonds. The van der Waals surface area contributed by atoms with Crippen molar-refractivity contribution < 1.29 is 18.3 Å². The number of carbonyl (C=O) groups excluding carboxylic acids is 1. The average molecular weight is 409 g/mol. The quantitative estimate of drug-likeness (QED) is 0.601. The van der Waals surface area contributed by atoms with E-state index in [0.717, 1.165) is 6.42 Å². The zero-order valence-electron chi connectivity index (χ0n) is 15.5. The summed E-state index contributed by atoms with van der Waals surface area (Å²) in [5.74, 6) is -0.232. The number of nitrogens with zero attached hydrogens (tertiary/aromatic N) is 2. The molecular formula is C21H23ClF2N2O2. The summed E-state index contributed by atoms with van der Waals surface area (Å²) in [6, 6.07) is 9.36. The predicted molar refractivity (Wildman–Crippen MR) is 104 cm³/mol. The molecule has 0 radical (unpaired) electrons. The Hall–Kier alpha value is -2.21. The van der Waals surface area contributed by atoms with Crippen molar-refractivity contribution in [3.63, 3.8) is 0 Å². The maximum atomic E-state index is 15.0. The van der Waals surface area contributed by atoms with Crippen molar-refractivity contribution in [3.05, 3.63) is 59.0 Å². The molecule has 0 saturated carbocycles. The highest BCUT2D eigenvalue weighted by Crippen LogP contribution is 2.32. The van der Waals surface area contributed by atoms with Gasteiger partial charge in [0, 0.05) is 30.9 Å². The van der Waals surface area contributed by atoms with E-state index in [-0.39, 0.29) is 10.9 Å². The summed E-state index contributed by atoms with van der Waals surface area (Å²) in [7, 11) is 0. The van der Waals surface area contributed by atoms with Crippen molar-refractivity contribution >= 4 is 17.5 Å². The summed E-state index contributed by atoms with van der Waals surface area (Å²) in [5, 5.41) is -0.0874. The normalized spacial score (nSPS) is 16.0. The molecule has 1 saturated heterocycles. The van der Waals surface area contributed by atoms with Crippen molar-refractivity contribution in [2.45, 2.75) is 37.8 Å². The van der Waals surface area contributed by atoms with Crippen LogP contribution in [0.2, 0.25) is 5.02 Å². The second-order valence-corrected chi connectivity index (χ2v) is 7.45. The highest BCUT2D eigenvalue weighted by atomic mass is 35.5. The number of ether oxygens (including phenoxy) is 1. The van der Waals surface area contributed by atoms with Crippen molar-refractivity contribution in [2.75, 3.05) is 19.7 Å². The zero-order valence-corrected chi connectivity index (χ0v) is 16.3. The minimum absolute atomic E-state index is 0.0874. The first-order chi connectivity index (χ1) is 13.5. The van der Waals surface area contributed by atoms with Gasteiger partial charge in [-0.3, -0.25) is 4.79 Å². The molecule has 1 aliphatic heterocycles. The minimum Gasteiger partial charge on any atom is -0.478 e. The smallest absolute Gasteiger partial charge is 0.253 e. The second-order valence-electron chi connectivity index (χ2n) is 7.05. The molecule has 3 rings (SSSR count). The van der Waals surface area contributed by atoms with Gasteiger partial charge in [0.15, 0.2) is 0 Å². The Labute approximate surface area is 168 Å². The van der Waals surface area contributed by atoms with Crippen molar-refractivity contribution in [1.82, 2.24) is 9.88 Å². The molecule has 0 aliphatic carbocycles. The van der Waals surface area contributed by atoms with Crippen LogP contribution in [0.1, 0.15) is 42.5 Å². The maximum Gasteiger partial charge on any atom is 0.253 e. The summed E-state index contributed by atoms with van der Waals surface area (Å²) in [6.07, 6.45) is 4.18. The van der Waals surface area contributed by atoms with E-state index in [1.165, 1.54) is 18.2 Å². The first kappa shape index (κ1) is 20.5. The van der Waals surface area contributed by atoms with Crippen molar-refractivity contribution in [2.24, 2.45) is 0 Å². The van der Waals surface area contributed by atoms with Crippen LogP contribution in [0.25, 0.3) is 0 Å². The third-order valence-corrected chi connectivity index (χ3v) is 5.31. The van der Waals surface area contributed by atoms with Crippen LogP contribution < -0.4 is 4.74 Å². The van der Waals surface area contributed by atoms with Gasteiger partial charge in [0.05, 0.1) is 11.6 Å². The molecule has 0 bridgehead atoms. The minimum atomic E-state index is -1.26. The van der Waals surface area contributed by atoms with Gasteiger partial charge in [0.2, 0.25) is 5.88 Å². The summed E-state index contributed by atoms with van der Waals surface area (Å²) < 4.78 is 33.8. The molecule has 2 heterocycles. The van der Waals surface area contributed by atoms with Crippen LogP contribution >= 0.6 is 11.6 Å². The first-order valence-corrected chi connectivity index (χ1v) is 9.82. The highest BCUT2D eigenvalue weighted by molar-refractivity contribution is 6.31. The third kappa shape index (κ3) is 5.41. The summed E-state index contributed by atoms with van der Waals surface area (Å²) in [4.78, 5) is 18.2. The molecule has 0 N–H and O–H groups in total. The molecule has 2 aromatic rings. The van der Waals surface area contributed by atoms with Crippen LogP contribution in [0.4, 0.5) is 8.78 Å². The molecule has 0 atom stereocenters. The zero-order chi connectivity index (χ0) is 20.0. The molecule has 1 aliphatic rings. The lowest BCUT2D eigenvalue weighted by Gasteiger charge is -2.36. The van der Waals surface area contributed by atoms with Crippen LogP contribution in [0.15, 0.2) is 42.6 Å². The van der Waals surface area contributed by atoms with Crippen LogP contribution in [0.3, 0.4) is 0 Å². The molecule has 1 fully saturated rings. The van der Waals surface area contributed by atoms with E-state index < -0.39 is 11.5 Å². The maximum absolute atomic E-state index is 15.0. The Morgan fingerprint density at radius 1 is 1.21 bits per heavy atom. The topological polar surface area (TPSA) is 42.4 Å². The highest BCUT2D eigenvalue weighted by Gasteiger charge is 2.35. The van der Waals surface area contributed by atoms with Crippen molar-refractivity contribution in [1.29, 1.82) is 0 Å². The average Bonchev–Trinajstić information content (AvgIpc) is 2.71. The fraction of sp³-hybridized carbons (Fsp3) is 0.429. The van der Waals surface area contributed by atoms with E-state index in [0.29, 0.717) is 56.8 Å². The number of halogens is 3. The lowest BCUT2D eigenvalue weighted by Crippen LogP contribution is -2.44.